The van der Waals surface area contributed by atoms with Gasteiger partial charge in [-0.25, -0.2) is 0 Å². The summed E-state index contributed by atoms with van der Waals surface area (Å²) in [5.74, 6) is 1.48. The molecular formula is C18H24N4O2. The first-order chi connectivity index (χ1) is 11.5. The molecule has 24 heavy (non-hydrogen) atoms. The summed E-state index contributed by atoms with van der Waals surface area (Å²) < 4.78 is 5.41. The van der Waals surface area contributed by atoms with Crippen molar-refractivity contribution in [1.82, 2.24) is 19.9 Å². The highest BCUT2D eigenvalue weighted by molar-refractivity contribution is 5.78. The molecule has 1 saturated heterocycles. The van der Waals surface area contributed by atoms with E-state index in [1.807, 2.05) is 45.3 Å². The molecule has 0 bridgehead atoms. The molecule has 0 radical (unpaired) electrons. The summed E-state index contributed by atoms with van der Waals surface area (Å²) in [6.45, 7) is 4.34. The van der Waals surface area contributed by atoms with Crippen LogP contribution in [-0.2, 0) is 11.3 Å². The zero-order valence-electron chi connectivity index (χ0n) is 14.5. The van der Waals surface area contributed by atoms with Crippen LogP contribution in [0.1, 0.15) is 24.3 Å². The molecule has 1 atom stereocenters. The van der Waals surface area contributed by atoms with Gasteiger partial charge in [0.25, 0.3) is 0 Å². The minimum absolute atomic E-state index is 0.0629. The number of amides is 1. The topological polar surface area (TPSA) is 62.5 Å². The molecule has 1 amide bonds. The molecule has 1 unspecified atom stereocenters. The van der Waals surface area contributed by atoms with Crippen LogP contribution in [0.4, 0.5) is 0 Å². The van der Waals surface area contributed by atoms with Gasteiger partial charge >= 0.3 is 0 Å². The highest BCUT2D eigenvalue weighted by Crippen LogP contribution is 2.21. The number of hydrogen-bond donors (Lipinski definition) is 0. The third-order valence-corrected chi connectivity index (χ3v) is 4.40. The van der Waals surface area contributed by atoms with E-state index in [9.17, 15) is 4.79 Å². The molecule has 0 N–H and O–H groups in total. The molecule has 6 heteroatoms. The van der Waals surface area contributed by atoms with Gasteiger partial charge in [0.15, 0.2) is 0 Å². The zero-order valence-corrected chi connectivity index (χ0v) is 14.5. The molecule has 1 aliphatic rings. The van der Waals surface area contributed by atoms with Crippen LogP contribution in [0.5, 0.6) is 0 Å². The van der Waals surface area contributed by atoms with Crippen LogP contribution in [0, 0.1) is 12.8 Å². The number of aryl methyl sites for hydroxylation is 1. The van der Waals surface area contributed by atoms with Crippen LogP contribution in [-0.4, -0.2) is 53.0 Å². The largest absolute Gasteiger partial charge is 0.349 e. The van der Waals surface area contributed by atoms with E-state index in [0.717, 1.165) is 31.5 Å². The molecule has 1 fully saturated rings. The number of benzene rings is 1. The summed E-state index contributed by atoms with van der Waals surface area (Å²) in [6.07, 6.45) is 1.97. The smallest absolute Gasteiger partial charge is 0.241 e. The fraction of sp³-hybridized carbons (Fsp3) is 0.500. The molecule has 1 aliphatic heterocycles. The maximum absolute atomic E-state index is 12.2. The quantitative estimate of drug-likeness (QED) is 0.862. The summed E-state index contributed by atoms with van der Waals surface area (Å²) in [7, 11) is 3.63. The van der Waals surface area contributed by atoms with Crippen molar-refractivity contribution in [3.05, 3.63) is 35.7 Å². The van der Waals surface area contributed by atoms with Gasteiger partial charge in [-0.1, -0.05) is 28.9 Å². The molecule has 0 spiro atoms. The molecule has 3 rings (SSSR count). The van der Waals surface area contributed by atoms with E-state index in [1.165, 1.54) is 5.56 Å². The van der Waals surface area contributed by atoms with Gasteiger partial charge in [-0.3, -0.25) is 9.69 Å². The fourth-order valence-corrected chi connectivity index (χ4v) is 3.18. The molecule has 0 saturated carbocycles. The molecule has 128 valence electrons. The van der Waals surface area contributed by atoms with Crippen LogP contribution in [0.2, 0.25) is 0 Å². The predicted octanol–water partition coefficient (Wildman–Crippen LogP) is 2.35. The number of nitrogens with zero attached hydrogens (tertiary/aromatic N) is 4. The van der Waals surface area contributed by atoms with E-state index >= 15 is 0 Å². The third-order valence-electron chi connectivity index (χ3n) is 4.40. The van der Waals surface area contributed by atoms with Crippen LogP contribution < -0.4 is 0 Å². The average molecular weight is 328 g/mol. The van der Waals surface area contributed by atoms with Crippen LogP contribution >= 0.6 is 0 Å². The highest BCUT2D eigenvalue weighted by atomic mass is 16.5. The molecule has 0 aliphatic carbocycles. The van der Waals surface area contributed by atoms with Gasteiger partial charge in [-0.05, 0) is 32.4 Å². The maximum Gasteiger partial charge on any atom is 0.241 e. The normalized spacial score (nSPS) is 18.5. The fourth-order valence-electron chi connectivity index (χ4n) is 3.18. The number of rotatable bonds is 4. The van der Waals surface area contributed by atoms with Gasteiger partial charge in [0.05, 0.1) is 12.5 Å². The second-order valence-electron chi connectivity index (χ2n) is 6.69. The number of likely N-dealkylation sites (tertiary alicyclic amines) is 1. The molecule has 6 nitrogen and oxygen atoms in total. The monoisotopic (exact) mass is 328 g/mol. The number of piperidine rings is 1. The maximum atomic E-state index is 12.2. The first kappa shape index (κ1) is 16.6. The van der Waals surface area contributed by atoms with Crippen molar-refractivity contribution < 1.29 is 9.32 Å². The SMILES string of the molecule is Cc1cccc(-c2noc(CN3CCCC(C(=O)N(C)C)C3)n2)c1. The lowest BCUT2D eigenvalue weighted by molar-refractivity contribution is -0.134. The minimum Gasteiger partial charge on any atom is -0.349 e. The number of carbonyl (C=O) groups is 1. The van der Waals surface area contributed by atoms with Crippen molar-refractivity contribution >= 4 is 5.91 Å². The third kappa shape index (κ3) is 3.82. The Morgan fingerprint density at radius 3 is 3.00 bits per heavy atom. The number of aromatic nitrogens is 2. The van der Waals surface area contributed by atoms with Gasteiger partial charge in [0.1, 0.15) is 0 Å². The van der Waals surface area contributed by atoms with Crippen molar-refractivity contribution in [3.8, 4) is 11.4 Å². The second-order valence-corrected chi connectivity index (χ2v) is 6.69. The molecular weight excluding hydrogens is 304 g/mol. The van der Waals surface area contributed by atoms with Crippen molar-refractivity contribution in [2.24, 2.45) is 5.92 Å². The Bertz CT molecular complexity index is 711. The number of hydrogen-bond acceptors (Lipinski definition) is 5. The summed E-state index contributed by atoms with van der Waals surface area (Å²) in [5, 5.41) is 4.09. The lowest BCUT2D eigenvalue weighted by Crippen LogP contribution is -2.42. The Kier molecular flexibility index (Phi) is 4.94. The number of carbonyl (C=O) groups excluding carboxylic acids is 1. The van der Waals surface area contributed by atoms with Crippen molar-refractivity contribution in [2.75, 3.05) is 27.2 Å². The Morgan fingerprint density at radius 2 is 2.25 bits per heavy atom. The molecule has 2 heterocycles. The van der Waals surface area contributed by atoms with Crippen molar-refractivity contribution in [3.63, 3.8) is 0 Å². The Morgan fingerprint density at radius 1 is 1.42 bits per heavy atom. The lowest BCUT2D eigenvalue weighted by Gasteiger charge is -2.32. The average Bonchev–Trinajstić information content (AvgIpc) is 3.03. The Balaban J connectivity index is 1.65. The van der Waals surface area contributed by atoms with Gasteiger partial charge in [0.2, 0.25) is 17.6 Å². The van der Waals surface area contributed by atoms with E-state index in [2.05, 4.69) is 15.0 Å². The van der Waals surface area contributed by atoms with Gasteiger partial charge < -0.3 is 9.42 Å². The second kappa shape index (κ2) is 7.13. The van der Waals surface area contributed by atoms with Crippen molar-refractivity contribution in [2.45, 2.75) is 26.3 Å². The molecule has 2 aromatic rings. The zero-order chi connectivity index (χ0) is 17.1. The first-order valence-corrected chi connectivity index (χ1v) is 8.36. The van der Waals surface area contributed by atoms with E-state index in [-0.39, 0.29) is 11.8 Å². The van der Waals surface area contributed by atoms with E-state index < -0.39 is 0 Å². The summed E-state index contributed by atoms with van der Waals surface area (Å²) in [5.41, 5.74) is 2.13. The molecule has 1 aromatic heterocycles. The van der Waals surface area contributed by atoms with Crippen LogP contribution in [0.25, 0.3) is 11.4 Å². The summed E-state index contributed by atoms with van der Waals surface area (Å²) >= 11 is 0. The van der Waals surface area contributed by atoms with Crippen molar-refractivity contribution in [1.29, 1.82) is 0 Å². The summed E-state index contributed by atoms with van der Waals surface area (Å²) in [6, 6.07) is 8.05. The lowest BCUT2D eigenvalue weighted by atomic mass is 9.97. The standard InChI is InChI=1S/C18H24N4O2/c1-13-6-4-7-14(10-13)17-19-16(24-20-17)12-22-9-5-8-15(11-22)18(23)21(2)3/h4,6-7,10,15H,5,8-9,11-12H2,1-3H3. The van der Waals surface area contributed by atoms with Crippen LogP contribution in [0.3, 0.4) is 0 Å². The van der Waals surface area contributed by atoms with Crippen LogP contribution in [0.15, 0.2) is 28.8 Å². The van der Waals surface area contributed by atoms with Gasteiger partial charge in [-0.15, -0.1) is 0 Å². The molecule has 1 aromatic carbocycles. The van der Waals surface area contributed by atoms with E-state index in [0.29, 0.717) is 18.3 Å². The predicted molar refractivity (Wildman–Crippen MR) is 91.2 cm³/mol. The first-order valence-electron chi connectivity index (χ1n) is 8.36. The van der Waals surface area contributed by atoms with E-state index in [1.54, 1.807) is 4.90 Å². The Labute approximate surface area is 142 Å². The summed E-state index contributed by atoms with van der Waals surface area (Å²) in [4.78, 5) is 20.6. The van der Waals surface area contributed by atoms with Gasteiger partial charge in [0, 0.05) is 26.2 Å². The Hall–Kier alpha value is -2.21. The van der Waals surface area contributed by atoms with E-state index in [4.69, 9.17) is 4.52 Å². The highest BCUT2D eigenvalue weighted by Gasteiger charge is 2.27. The minimum atomic E-state index is 0.0629. The van der Waals surface area contributed by atoms with Gasteiger partial charge in [-0.2, -0.15) is 4.98 Å².